The Bertz CT molecular complexity index is 252. The lowest BCUT2D eigenvalue weighted by Crippen LogP contribution is -2.30. The van der Waals surface area contributed by atoms with Crippen molar-refractivity contribution in [3.63, 3.8) is 0 Å². The maximum Gasteiger partial charge on any atom is 0.0243 e. The summed E-state index contributed by atoms with van der Waals surface area (Å²) in [6.07, 6.45) is 10.3. The van der Waals surface area contributed by atoms with Crippen molar-refractivity contribution in [1.82, 2.24) is 4.90 Å². The van der Waals surface area contributed by atoms with Crippen LogP contribution >= 0.6 is 0 Å². The number of allylic oxidation sites excluding steroid dienone is 1. The molecular weight excluding hydrogens is 194 g/mol. The third kappa shape index (κ3) is 3.93. The topological polar surface area (TPSA) is 3.24 Å². The first kappa shape index (κ1) is 13.8. The average molecular weight is 223 g/mol. The van der Waals surface area contributed by atoms with Crippen molar-refractivity contribution in [3.8, 4) is 0 Å². The molecule has 1 aliphatic rings. The molecule has 0 aromatic rings. The molecule has 1 nitrogen and oxygen atoms in total. The van der Waals surface area contributed by atoms with E-state index >= 15 is 0 Å². The van der Waals surface area contributed by atoms with Gasteiger partial charge < -0.3 is 4.90 Å². The number of rotatable bonds is 3. The SMILES string of the molecule is CC(C=CC1(C)CCCC(C)(C)C1)N(C)C. The van der Waals surface area contributed by atoms with Gasteiger partial charge in [-0.1, -0.05) is 39.3 Å². The van der Waals surface area contributed by atoms with Crippen LogP contribution in [0.15, 0.2) is 12.2 Å². The fourth-order valence-electron chi connectivity index (χ4n) is 2.93. The van der Waals surface area contributed by atoms with E-state index in [1.54, 1.807) is 0 Å². The van der Waals surface area contributed by atoms with E-state index in [1.165, 1.54) is 25.7 Å². The Morgan fingerprint density at radius 2 is 1.75 bits per heavy atom. The second-order valence-corrected chi connectivity index (χ2v) is 6.91. The molecule has 0 aliphatic heterocycles. The molecule has 0 amide bonds. The minimum Gasteiger partial charge on any atom is -0.303 e. The van der Waals surface area contributed by atoms with Crippen LogP contribution in [-0.2, 0) is 0 Å². The molecule has 1 saturated carbocycles. The van der Waals surface area contributed by atoms with Gasteiger partial charge in [0.2, 0.25) is 0 Å². The predicted molar refractivity (Wildman–Crippen MR) is 72.6 cm³/mol. The summed E-state index contributed by atoms with van der Waals surface area (Å²) in [5.41, 5.74) is 0.949. The Morgan fingerprint density at radius 3 is 2.25 bits per heavy atom. The molecule has 1 fully saturated rings. The Hall–Kier alpha value is -0.300. The van der Waals surface area contributed by atoms with Gasteiger partial charge in [-0.2, -0.15) is 0 Å². The van der Waals surface area contributed by atoms with Gasteiger partial charge in [0.25, 0.3) is 0 Å². The van der Waals surface area contributed by atoms with Crippen LogP contribution in [0.2, 0.25) is 0 Å². The van der Waals surface area contributed by atoms with Gasteiger partial charge in [-0.15, -0.1) is 0 Å². The van der Waals surface area contributed by atoms with Crippen molar-refractivity contribution < 1.29 is 0 Å². The van der Waals surface area contributed by atoms with Gasteiger partial charge in [-0.05, 0) is 51.1 Å². The summed E-state index contributed by atoms with van der Waals surface area (Å²) in [7, 11) is 4.28. The van der Waals surface area contributed by atoms with E-state index < -0.39 is 0 Å². The molecule has 2 atom stereocenters. The van der Waals surface area contributed by atoms with Gasteiger partial charge in [0.05, 0.1) is 0 Å². The fraction of sp³-hybridized carbons (Fsp3) is 0.867. The smallest absolute Gasteiger partial charge is 0.0243 e. The Morgan fingerprint density at radius 1 is 1.12 bits per heavy atom. The zero-order chi connectivity index (χ0) is 12.4. The first-order chi connectivity index (χ1) is 7.24. The van der Waals surface area contributed by atoms with Crippen LogP contribution in [0, 0.1) is 10.8 Å². The van der Waals surface area contributed by atoms with Gasteiger partial charge in [0.1, 0.15) is 0 Å². The van der Waals surface area contributed by atoms with Crippen LogP contribution in [-0.4, -0.2) is 25.0 Å². The highest BCUT2D eigenvalue weighted by atomic mass is 15.1. The number of likely N-dealkylation sites (N-methyl/N-ethyl adjacent to an activating group) is 1. The first-order valence-electron chi connectivity index (χ1n) is 6.60. The van der Waals surface area contributed by atoms with E-state index in [1.807, 2.05) is 0 Å². The maximum atomic E-state index is 2.47. The number of hydrogen-bond acceptors (Lipinski definition) is 1. The molecule has 94 valence electrons. The summed E-state index contributed by atoms with van der Waals surface area (Å²) < 4.78 is 0. The highest BCUT2D eigenvalue weighted by Gasteiger charge is 2.34. The lowest BCUT2D eigenvalue weighted by Gasteiger charge is -2.41. The monoisotopic (exact) mass is 223 g/mol. The molecule has 1 rings (SSSR count). The number of hydrogen-bond donors (Lipinski definition) is 0. The fourth-order valence-corrected chi connectivity index (χ4v) is 2.93. The summed E-state index contributed by atoms with van der Waals surface area (Å²) in [4.78, 5) is 2.26. The van der Waals surface area contributed by atoms with Gasteiger partial charge in [0.15, 0.2) is 0 Å². The summed E-state index contributed by atoms with van der Waals surface area (Å²) in [5, 5.41) is 0. The van der Waals surface area contributed by atoms with Gasteiger partial charge in [0, 0.05) is 6.04 Å². The molecule has 0 radical (unpaired) electrons. The van der Waals surface area contributed by atoms with Crippen LogP contribution in [0.4, 0.5) is 0 Å². The van der Waals surface area contributed by atoms with Crippen molar-refractivity contribution in [1.29, 1.82) is 0 Å². The molecule has 0 aromatic carbocycles. The minimum atomic E-state index is 0.423. The molecule has 2 unspecified atom stereocenters. The van der Waals surface area contributed by atoms with E-state index in [9.17, 15) is 0 Å². The van der Waals surface area contributed by atoms with Crippen molar-refractivity contribution in [2.45, 2.75) is 59.4 Å². The van der Waals surface area contributed by atoms with Crippen molar-refractivity contribution in [3.05, 3.63) is 12.2 Å². The average Bonchev–Trinajstić information content (AvgIpc) is 2.12. The third-order valence-electron chi connectivity index (χ3n) is 4.08. The summed E-state index contributed by atoms with van der Waals surface area (Å²) >= 11 is 0. The molecule has 0 N–H and O–H groups in total. The maximum absolute atomic E-state index is 2.47. The van der Waals surface area contributed by atoms with Crippen molar-refractivity contribution >= 4 is 0 Å². The lowest BCUT2D eigenvalue weighted by atomic mass is 9.64. The summed E-state index contributed by atoms with van der Waals surface area (Å²) in [6, 6.07) is 0.543. The minimum absolute atomic E-state index is 0.423. The second-order valence-electron chi connectivity index (χ2n) is 6.91. The predicted octanol–water partition coefficient (Wildman–Crippen LogP) is 4.10. The molecule has 0 spiro atoms. The summed E-state index contributed by atoms with van der Waals surface area (Å²) in [6.45, 7) is 9.50. The standard InChI is InChI=1S/C15H29N/c1-13(16(5)6)8-11-15(4)10-7-9-14(2,3)12-15/h8,11,13H,7,9-10,12H2,1-6H3. The van der Waals surface area contributed by atoms with Crippen molar-refractivity contribution in [2.24, 2.45) is 10.8 Å². The molecule has 1 aliphatic carbocycles. The van der Waals surface area contributed by atoms with Crippen LogP contribution in [0.5, 0.6) is 0 Å². The number of nitrogens with zero attached hydrogens (tertiary/aromatic N) is 1. The zero-order valence-electron chi connectivity index (χ0n) is 12.0. The normalized spacial score (nSPS) is 32.2. The van der Waals surface area contributed by atoms with Gasteiger partial charge >= 0.3 is 0 Å². The van der Waals surface area contributed by atoms with E-state index in [4.69, 9.17) is 0 Å². The second kappa shape index (κ2) is 4.91. The van der Waals surface area contributed by atoms with Crippen LogP contribution in [0.25, 0.3) is 0 Å². The third-order valence-corrected chi connectivity index (χ3v) is 4.08. The Balaban J connectivity index is 2.64. The molecule has 16 heavy (non-hydrogen) atoms. The van der Waals surface area contributed by atoms with E-state index in [2.05, 4.69) is 58.8 Å². The van der Waals surface area contributed by atoms with Gasteiger partial charge in [-0.3, -0.25) is 0 Å². The Labute approximate surface area is 102 Å². The highest BCUT2D eigenvalue weighted by Crippen LogP contribution is 2.46. The Kier molecular flexibility index (Phi) is 4.23. The molecule has 0 aromatic heterocycles. The van der Waals surface area contributed by atoms with E-state index in [-0.39, 0.29) is 0 Å². The van der Waals surface area contributed by atoms with Crippen LogP contribution in [0.3, 0.4) is 0 Å². The molecule has 0 bridgehead atoms. The van der Waals surface area contributed by atoms with E-state index in [0.717, 1.165) is 0 Å². The quantitative estimate of drug-likeness (QED) is 0.651. The van der Waals surface area contributed by atoms with Crippen LogP contribution in [0.1, 0.15) is 53.4 Å². The first-order valence-corrected chi connectivity index (χ1v) is 6.60. The highest BCUT2D eigenvalue weighted by molar-refractivity contribution is 5.04. The molecule has 0 saturated heterocycles. The largest absolute Gasteiger partial charge is 0.303 e. The van der Waals surface area contributed by atoms with Crippen LogP contribution < -0.4 is 0 Å². The van der Waals surface area contributed by atoms with Gasteiger partial charge in [-0.25, -0.2) is 0 Å². The summed E-state index contributed by atoms with van der Waals surface area (Å²) in [5.74, 6) is 0. The molecule has 1 heteroatoms. The lowest BCUT2D eigenvalue weighted by molar-refractivity contribution is 0.138. The van der Waals surface area contributed by atoms with E-state index in [0.29, 0.717) is 16.9 Å². The molecular formula is C15H29N. The zero-order valence-corrected chi connectivity index (χ0v) is 12.0. The molecule has 0 heterocycles. The van der Waals surface area contributed by atoms with Crippen molar-refractivity contribution in [2.75, 3.05) is 14.1 Å².